The van der Waals surface area contributed by atoms with E-state index in [-0.39, 0.29) is 28.7 Å². The van der Waals surface area contributed by atoms with E-state index in [2.05, 4.69) is 23.8 Å². The number of rotatable bonds is 7. The molecule has 1 aliphatic heterocycles. The molecule has 0 spiro atoms. The van der Waals surface area contributed by atoms with Crippen LogP contribution < -0.4 is 10.6 Å². The second kappa shape index (κ2) is 12.8. The van der Waals surface area contributed by atoms with Gasteiger partial charge in [-0.25, -0.2) is 0 Å². The van der Waals surface area contributed by atoms with Crippen molar-refractivity contribution < 1.29 is 8.95 Å². The predicted octanol–water partition coefficient (Wildman–Crippen LogP) is 3.15. The first-order chi connectivity index (χ1) is 12.1. The average molecular weight is 518 g/mol. The molecule has 0 aromatic carbocycles. The number of hydrogen-bond donors (Lipinski definition) is 2. The van der Waals surface area contributed by atoms with Gasteiger partial charge in [-0.15, -0.1) is 24.0 Å². The molecular weight excluding hydrogens is 481 g/mol. The lowest BCUT2D eigenvalue weighted by Crippen LogP contribution is -2.47. The van der Waals surface area contributed by atoms with Gasteiger partial charge in [0.1, 0.15) is 0 Å². The van der Waals surface area contributed by atoms with Gasteiger partial charge >= 0.3 is 0 Å². The van der Waals surface area contributed by atoms with Crippen molar-refractivity contribution >= 4 is 52.5 Å². The fourth-order valence-corrected chi connectivity index (χ4v) is 5.77. The molecule has 0 bridgehead atoms. The highest BCUT2D eigenvalue weighted by Gasteiger charge is 2.32. The maximum Gasteiger partial charge on any atom is 0.191 e. The Morgan fingerprint density at radius 3 is 2.65 bits per heavy atom. The first kappa shape index (κ1) is 24.5. The Balaban J connectivity index is 0.00000338. The number of ether oxygens (including phenoxy) is 1. The van der Waals surface area contributed by atoms with E-state index < -0.39 is 10.8 Å². The smallest absolute Gasteiger partial charge is 0.191 e. The third kappa shape index (κ3) is 7.47. The molecule has 1 heterocycles. The lowest BCUT2D eigenvalue weighted by atomic mass is 9.95. The number of thioether (sulfide) groups is 1. The summed E-state index contributed by atoms with van der Waals surface area (Å²) in [6.07, 6.45) is 8.71. The third-order valence-electron chi connectivity index (χ3n) is 5.33. The van der Waals surface area contributed by atoms with E-state index in [1.54, 1.807) is 0 Å². The Kier molecular flexibility index (Phi) is 12.1. The van der Waals surface area contributed by atoms with Crippen molar-refractivity contribution in [1.82, 2.24) is 10.6 Å². The molecule has 154 valence electrons. The number of nitrogens with one attached hydrogen (secondary N) is 2. The molecular formula is C18H36IN3O2S2. The van der Waals surface area contributed by atoms with Gasteiger partial charge in [0.05, 0.1) is 6.54 Å². The van der Waals surface area contributed by atoms with Crippen LogP contribution in [0.2, 0.25) is 0 Å². The lowest BCUT2D eigenvalue weighted by molar-refractivity contribution is 0.0794. The zero-order chi connectivity index (χ0) is 18.1. The van der Waals surface area contributed by atoms with Crippen LogP contribution in [0.5, 0.6) is 0 Å². The minimum absolute atomic E-state index is 0. The molecule has 0 aromatic heterocycles. The summed E-state index contributed by atoms with van der Waals surface area (Å²) in [4.78, 5) is 4.91. The van der Waals surface area contributed by atoms with E-state index in [9.17, 15) is 4.21 Å². The van der Waals surface area contributed by atoms with Gasteiger partial charge in [-0.1, -0.05) is 13.3 Å². The Morgan fingerprint density at radius 2 is 2.04 bits per heavy atom. The monoisotopic (exact) mass is 517 g/mol. The summed E-state index contributed by atoms with van der Waals surface area (Å²) in [5.74, 6) is 1.68. The zero-order valence-electron chi connectivity index (χ0n) is 16.4. The third-order valence-corrected chi connectivity index (χ3v) is 8.47. The minimum Gasteiger partial charge on any atom is -0.381 e. The molecule has 0 radical (unpaired) electrons. The fourth-order valence-electron chi connectivity index (χ4n) is 3.66. The molecule has 5 nitrogen and oxygen atoms in total. The SMILES string of the molecule is CCNC(=NCC1(SC)CCOCC1)NC1CCCC(S(=O)CC)C1.I. The largest absolute Gasteiger partial charge is 0.381 e. The summed E-state index contributed by atoms with van der Waals surface area (Å²) in [5.41, 5.74) is 0. The van der Waals surface area contributed by atoms with Crippen LogP contribution in [-0.4, -0.2) is 64.5 Å². The van der Waals surface area contributed by atoms with E-state index in [0.717, 1.165) is 76.5 Å². The molecule has 3 unspecified atom stereocenters. The Labute approximate surface area is 183 Å². The van der Waals surface area contributed by atoms with Crippen LogP contribution in [0.1, 0.15) is 52.4 Å². The van der Waals surface area contributed by atoms with Gasteiger partial charge < -0.3 is 15.4 Å². The fraction of sp³-hybridized carbons (Fsp3) is 0.944. The topological polar surface area (TPSA) is 62.7 Å². The van der Waals surface area contributed by atoms with E-state index in [1.807, 2.05) is 18.7 Å². The molecule has 1 aliphatic carbocycles. The van der Waals surface area contributed by atoms with Crippen LogP contribution in [0, 0.1) is 0 Å². The van der Waals surface area contributed by atoms with Crippen molar-refractivity contribution in [3.8, 4) is 0 Å². The van der Waals surface area contributed by atoms with Gasteiger partial charge in [0.25, 0.3) is 0 Å². The Hall–Kier alpha value is 0.460. The molecule has 1 saturated heterocycles. The van der Waals surface area contributed by atoms with Crippen LogP contribution in [0.15, 0.2) is 4.99 Å². The van der Waals surface area contributed by atoms with Gasteiger partial charge in [0.2, 0.25) is 0 Å². The number of nitrogens with zero attached hydrogens (tertiary/aromatic N) is 1. The Morgan fingerprint density at radius 1 is 1.31 bits per heavy atom. The van der Waals surface area contributed by atoms with Crippen molar-refractivity contribution in [1.29, 1.82) is 0 Å². The molecule has 3 atom stereocenters. The highest BCUT2D eigenvalue weighted by Crippen LogP contribution is 2.34. The van der Waals surface area contributed by atoms with Crippen molar-refractivity contribution in [2.24, 2.45) is 4.99 Å². The van der Waals surface area contributed by atoms with Gasteiger partial charge in [-0.05, 0) is 45.3 Å². The zero-order valence-corrected chi connectivity index (χ0v) is 20.4. The van der Waals surface area contributed by atoms with E-state index in [1.165, 1.54) is 0 Å². The summed E-state index contributed by atoms with van der Waals surface area (Å²) in [5, 5.41) is 7.34. The number of hydrogen-bond acceptors (Lipinski definition) is 4. The summed E-state index contributed by atoms with van der Waals surface area (Å²) < 4.78 is 17.9. The molecule has 1 saturated carbocycles. The van der Waals surface area contributed by atoms with Crippen LogP contribution in [0.25, 0.3) is 0 Å². The van der Waals surface area contributed by atoms with Crippen LogP contribution in [0.4, 0.5) is 0 Å². The molecule has 26 heavy (non-hydrogen) atoms. The van der Waals surface area contributed by atoms with E-state index in [4.69, 9.17) is 9.73 Å². The van der Waals surface area contributed by atoms with E-state index in [0.29, 0.717) is 11.3 Å². The van der Waals surface area contributed by atoms with Crippen LogP contribution in [0.3, 0.4) is 0 Å². The second-order valence-corrected chi connectivity index (χ2v) is 10.3. The molecule has 0 aromatic rings. The number of aliphatic imine (C=N–C) groups is 1. The first-order valence-electron chi connectivity index (χ1n) is 9.67. The highest BCUT2D eigenvalue weighted by molar-refractivity contribution is 14.0. The maximum atomic E-state index is 12.2. The number of guanidine groups is 1. The van der Waals surface area contributed by atoms with Gasteiger partial charge in [0, 0.05) is 52.3 Å². The second-order valence-electron chi connectivity index (χ2n) is 6.99. The average Bonchev–Trinajstić information content (AvgIpc) is 2.66. The normalized spacial score (nSPS) is 27.3. The molecule has 2 N–H and O–H groups in total. The quantitative estimate of drug-likeness (QED) is 0.309. The summed E-state index contributed by atoms with van der Waals surface area (Å²) in [6, 6.07) is 0.381. The number of halogens is 1. The molecule has 2 rings (SSSR count). The van der Waals surface area contributed by atoms with Crippen molar-refractivity contribution in [3.63, 3.8) is 0 Å². The summed E-state index contributed by atoms with van der Waals surface area (Å²) in [6.45, 7) is 7.49. The standard InChI is InChI=1S/C18H35N3O2S2.HI/c1-4-19-17(20-14-18(24-3)9-11-23-12-10-18)21-15-7-6-8-16(13-15)25(22)5-2;/h15-16H,4-14H2,1-3H3,(H2,19,20,21);1H. The van der Waals surface area contributed by atoms with Crippen molar-refractivity contribution in [2.75, 3.05) is 38.3 Å². The highest BCUT2D eigenvalue weighted by atomic mass is 127. The Bertz CT molecular complexity index is 460. The summed E-state index contributed by atoms with van der Waals surface area (Å²) >= 11 is 1.92. The molecule has 8 heteroatoms. The van der Waals surface area contributed by atoms with Crippen LogP contribution in [-0.2, 0) is 15.5 Å². The lowest BCUT2D eigenvalue weighted by Gasteiger charge is -2.35. The summed E-state index contributed by atoms with van der Waals surface area (Å²) in [7, 11) is -0.686. The minimum atomic E-state index is -0.686. The van der Waals surface area contributed by atoms with Crippen molar-refractivity contribution in [3.05, 3.63) is 0 Å². The van der Waals surface area contributed by atoms with Gasteiger partial charge in [0.15, 0.2) is 5.96 Å². The van der Waals surface area contributed by atoms with Gasteiger partial charge in [-0.3, -0.25) is 9.20 Å². The first-order valence-corrected chi connectivity index (χ1v) is 12.3. The molecule has 2 aliphatic rings. The van der Waals surface area contributed by atoms with Gasteiger partial charge in [-0.2, -0.15) is 11.8 Å². The van der Waals surface area contributed by atoms with Crippen molar-refractivity contribution in [2.45, 2.75) is 68.4 Å². The molecule has 0 amide bonds. The van der Waals surface area contributed by atoms with Crippen LogP contribution >= 0.6 is 35.7 Å². The predicted molar refractivity (Wildman–Crippen MR) is 126 cm³/mol. The molecule has 2 fully saturated rings. The van der Waals surface area contributed by atoms with E-state index >= 15 is 0 Å². The maximum absolute atomic E-state index is 12.2.